The van der Waals surface area contributed by atoms with E-state index in [1.807, 2.05) is 31.2 Å². The van der Waals surface area contributed by atoms with Crippen LogP contribution in [-0.4, -0.2) is 47.3 Å². The number of hydrogen-bond acceptors (Lipinski definition) is 11. The molecular formula is C36H34ClN3O7S2. The third-order valence-electron chi connectivity index (χ3n) is 7.82. The molecule has 1 atom stereocenters. The predicted molar refractivity (Wildman–Crippen MR) is 190 cm³/mol. The van der Waals surface area contributed by atoms with Crippen LogP contribution in [0.15, 0.2) is 86.8 Å². The summed E-state index contributed by atoms with van der Waals surface area (Å²) in [6.07, 6.45) is 0.852. The summed E-state index contributed by atoms with van der Waals surface area (Å²) in [7, 11) is 1.51. The number of halogens is 1. The van der Waals surface area contributed by atoms with Crippen molar-refractivity contribution in [2.24, 2.45) is 5.92 Å². The molecule has 3 aromatic carbocycles. The number of anilines is 1. The molecule has 6 rings (SSSR count). The van der Waals surface area contributed by atoms with Crippen LogP contribution in [0.2, 0.25) is 5.02 Å². The van der Waals surface area contributed by atoms with Gasteiger partial charge in [-0.2, -0.15) is 0 Å². The Balaban J connectivity index is 1.39. The van der Waals surface area contributed by atoms with E-state index < -0.39 is 23.5 Å². The Morgan fingerprint density at radius 2 is 1.86 bits per heavy atom. The number of ether oxygens (including phenoxy) is 3. The largest absolute Gasteiger partial charge is 0.503 e. The average Bonchev–Trinajstić information content (AvgIpc) is 3.81. The zero-order chi connectivity index (χ0) is 34.7. The van der Waals surface area contributed by atoms with Crippen LogP contribution >= 0.6 is 34.7 Å². The van der Waals surface area contributed by atoms with Gasteiger partial charge in [0.05, 0.1) is 31.9 Å². The lowest BCUT2D eigenvalue weighted by atomic mass is 9.95. The number of furan rings is 1. The number of carbonyl (C=O) groups excluding carboxylic acids is 2. The van der Waals surface area contributed by atoms with Gasteiger partial charge in [-0.3, -0.25) is 14.5 Å². The molecule has 1 aliphatic heterocycles. The van der Waals surface area contributed by atoms with Gasteiger partial charge in [0.1, 0.15) is 0 Å². The number of benzene rings is 3. The highest BCUT2D eigenvalue weighted by Gasteiger charge is 2.47. The Bertz CT molecular complexity index is 2020. The first-order valence-electron chi connectivity index (χ1n) is 15.7. The Morgan fingerprint density at radius 1 is 1.06 bits per heavy atom. The highest BCUT2D eigenvalue weighted by atomic mass is 35.5. The maximum atomic E-state index is 14.3. The molecule has 0 aliphatic carbocycles. The van der Waals surface area contributed by atoms with Crippen LogP contribution in [-0.2, 0) is 10.5 Å². The first-order chi connectivity index (χ1) is 23.7. The monoisotopic (exact) mass is 719 g/mol. The number of methoxy groups -OCH3 is 1. The highest BCUT2D eigenvalue weighted by molar-refractivity contribution is 8.00. The molecule has 2 aromatic heterocycles. The van der Waals surface area contributed by atoms with E-state index in [0.717, 1.165) is 12.0 Å². The summed E-state index contributed by atoms with van der Waals surface area (Å²) in [5, 5.41) is 21.5. The van der Waals surface area contributed by atoms with Gasteiger partial charge in [-0.25, -0.2) is 0 Å². The molecule has 3 heterocycles. The molecule has 0 saturated carbocycles. The van der Waals surface area contributed by atoms with Crippen LogP contribution < -0.4 is 19.1 Å². The number of carbonyl (C=O) groups is 2. The smallest absolute Gasteiger partial charge is 0.296 e. The first-order valence-corrected chi connectivity index (χ1v) is 17.8. The molecule has 1 amide bonds. The zero-order valence-corrected chi connectivity index (χ0v) is 29.7. The summed E-state index contributed by atoms with van der Waals surface area (Å²) in [4.78, 5) is 29.5. The van der Waals surface area contributed by atoms with Crippen LogP contribution in [0.5, 0.6) is 17.2 Å². The molecule has 10 nitrogen and oxygen atoms in total. The SMILES string of the molecule is CCOc1cc(C2C(C(=O)c3cc4cccc(OC)c4o3)=C(O)C(=O)N2c2nnc(SCc3ccc(Cl)cc3)s2)ccc1OCCC(C)C. The van der Waals surface area contributed by atoms with Crippen molar-refractivity contribution in [1.29, 1.82) is 0 Å². The van der Waals surface area contributed by atoms with E-state index in [4.69, 9.17) is 30.2 Å². The van der Waals surface area contributed by atoms with Crippen molar-refractivity contribution in [2.45, 2.75) is 43.3 Å². The molecule has 1 N–H and O–H groups in total. The number of aromatic nitrogens is 2. The van der Waals surface area contributed by atoms with Gasteiger partial charge in [-0.1, -0.05) is 78.9 Å². The standard InChI is InChI=1S/C36H34ClN3O7S2/c1-5-45-27-17-22(11-14-25(27)46-16-15-20(2)3)30-29(31(41)28-18-23-7-6-8-26(44-4)33(23)47-28)32(42)34(43)40(30)35-38-39-36(49-35)48-19-21-9-12-24(37)13-10-21/h6-14,17-18,20,30,42H,5,15-16,19H2,1-4H3. The summed E-state index contributed by atoms with van der Waals surface area (Å²) < 4.78 is 24.0. The number of para-hydroxylation sites is 1. The molecule has 0 fully saturated rings. The molecule has 0 radical (unpaired) electrons. The van der Waals surface area contributed by atoms with Gasteiger partial charge in [0.2, 0.25) is 10.9 Å². The molecule has 1 unspecified atom stereocenters. The molecule has 1 aliphatic rings. The number of amides is 1. The van der Waals surface area contributed by atoms with Gasteiger partial charge < -0.3 is 23.7 Å². The lowest BCUT2D eigenvalue weighted by Gasteiger charge is -2.25. The van der Waals surface area contributed by atoms with Gasteiger partial charge >= 0.3 is 0 Å². The molecule has 0 bridgehead atoms. The number of hydrogen-bond donors (Lipinski definition) is 1. The highest BCUT2D eigenvalue weighted by Crippen LogP contribution is 2.46. The second-order valence-electron chi connectivity index (χ2n) is 11.6. The van der Waals surface area contributed by atoms with E-state index in [1.54, 1.807) is 42.5 Å². The van der Waals surface area contributed by atoms with Crippen LogP contribution in [0.25, 0.3) is 11.0 Å². The fourth-order valence-corrected chi connectivity index (χ4v) is 7.31. The van der Waals surface area contributed by atoms with Crippen molar-refractivity contribution in [3.8, 4) is 17.2 Å². The molecule has 0 saturated heterocycles. The van der Waals surface area contributed by atoms with Gasteiger partial charge in [0.15, 0.2) is 38.7 Å². The topological polar surface area (TPSA) is 124 Å². The summed E-state index contributed by atoms with van der Waals surface area (Å²) in [6, 6.07) is 18.5. The van der Waals surface area contributed by atoms with E-state index in [9.17, 15) is 14.7 Å². The van der Waals surface area contributed by atoms with Gasteiger partial charge in [0, 0.05) is 16.2 Å². The lowest BCUT2D eigenvalue weighted by molar-refractivity contribution is -0.117. The van der Waals surface area contributed by atoms with E-state index in [-0.39, 0.29) is 16.5 Å². The summed E-state index contributed by atoms with van der Waals surface area (Å²) in [5.41, 5.74) is 1.75. The summed E-state index contributed by atoms with van der Waals surface area (Å²) in [6.45, 7) is 6.94. The van der Waals surface area contributed by atoms with Crippen molar-refractivity contribution in [3.05, 3.63) is 100.0 Å². The average molecular weight is 720 g/mol. The number of rotatable bonds is 14. The lowest BCUT2D eigenvalue weighted by Crippen LogP contribution is -2.31. The number of thioether (sulfide) groups is 1. The summed E-state index contributed by atoms with van der Waals surface area (Å²) in [5.74, 6) is 0.261. The quantitative estimate of drug-likeness (QED) is 0.0676. The number of fused-ring (bicyclic) bond motifs is 1. The Hall–Kier alpha value is -4.52. The second-order valence-corrected chi connectivity index (χ2v) is 14.2. The molecule has 254 valence electrons. The number of nitrogens with zero attached hydrogens (tertiary/aromatic N) is 3. The van der Waals surface area contributed by atoms with Gasteiger partial charge in [-0.05, 0) is 66.8 Å². The predicted octanol–water partition coefficient (Wildman–Crippen LogP) is 8.85. The van der Waals surface area contributed by atoms with Crippen molar-refractivity contribution in [3.63, 3.8) is 0 Å². The Morgan fingerprint density at radius 3 is 2.59 bits per heavy atom. The fraction of sp³-hybridized carbons (Fsp3) is 0.278. The van der Waals surface area contributed by atoms with Crippen LogP contribution in [0.3, 0.4) is 0 Å². The van der Waals surface area contributed by atoms with Crippen molar-refractivity contribution >= 4 is 62.5 Å². The minimum absolute atomic E-state index is 0.0594. The number of ketones is 1. The van der Waals surface area contributed by atoms with Gasteiger partial charge in [0.25, 0.3) is 5.91 Å². The van der Waals surface area contributed by atoms with Crippen LogP contribution in [0, 0.1) is 5.92 Å². The third kappa shape index (κ3) is 7.26. The molecule has 5 aromatic rings. The zero-order valence-electron chi connectivity index (χ0n) is 27.3. The van der Waals surface area contributed by atoms with Gasteiger partial charge in [-0.15, -0.1) is 10.2 Å². The van der Waals surface area contributed by atoms with Crippen LogP contribution in [0.1, 0.15) is 54.9 Å². The number of Topliss-reactive ketones (excluding diaryl/α,β-unsaturated/α-hetero) is 1. The minimum Gasteiger partial charge on any atom is -0.503 e. The summed E-state index contributed by atoms with van der Waals surface area (Å²) >= 11 is 8.66. The third-order valence-corrected chi connectivity index (χ3v) is 10.2. The van der Waals surface area contributed by atoms with E-state index in [2.05, 4.69) is 24.0 Å². The van der Waals surface area contributed by atoms with E-state index >= 15 is 0 Å². The Kier molecular flexibility index (Phi) is 10.5. The number of aliphatic hydroxyl groups is 1. The molecule has 49 heavy (non-hydrogen) atoms. The molecular weight excluding hydrogens is 686 g/mol. The van der Waals surface area contributed by atoms with Crippen molar-refractivity contribution in [1.82, 2.24) is 10.2 Å². The molecule has 13 heteroatoms. The first kappa shape index (κ1) is 34.3. The maximum Gasteiger partial charge on any atom is 0.296 e. The van der Waals surface area contributed by atoms with Crippen molar-refractivity contribution < 1.29 is 33.3 Å². The maximum absolute atomic E-state index is 14.3. The fourth-order valence-electron chi connectivity index (χ4n) is 5.36. The van der Waals surface area contributed by atoms with E-state index in [1.165, 1.54) is 35.1 Å². The van der Waals surface area contributed by atoms with E-state index in [0.29, 0.717) is 68.0 Å². The molecule has 0 spiro atoms. The second kappa shape index (κ2) is 14.9. The van der Waals surface area contributed by atoms with Crippen molar-refractivity contribution in [2.75, 3.05) is 25.2 Å². The van der Waals surface area contributed by atoms with Crippen LogP contribution in [0.4, 0.5) is 5.13 Å². The minimum atomic E-state index is -1.08. The Labute approximate surface area is 296 Å². The number of aliphatic hydroxyl groups excluding tert-OH is 1. The normalized spacial score (nSPS) is 14.7.